The molecule has 3 aromatic rings. The molecule has 1 aromatic heterocycles. The Morgan fingerprint density at radius 3 is 2.13 bits per heavy atom. The van der Waals surface area contributed by atoms with E-state index in [2.05, 4.69) is 45.5 Å². The average molecular weight is 384 g/mol. The molecule has 2 aromatic carbocycles. The number of nitrogens with one attached hydrogen (secondary N) is 1. The SMILES string of the molecule is O=C(Nc1ccc(C=Cc2ccccc2)cc1)c1ccc(Br)s1. The van der Waals surface area contributed by atoms with Crippen LogP contribution in [0.15, 0.2) is 70.5 Å². The molecule has 4 heteroatoms. The molecule has 0 aliphatic heterocycles. The first-order valence-electron chi connectivity index (χ1n) is 7.10. The van der Waals surface area contributed by atoms with Gasteiger partial charge in [-0.15, -0.1) is 11.3 Å². The zero-order valence-corrected chi connectivity index (χ0v) is 14.6. The lowest BCUT2D eigenvalue weighted by molar-refractivity contribution is 0.103. The summed E-state index contributed by atoms with van der Waals surface area (Å²) in [5.74, 6) is -0.0896. The fourth-order valence-corrected chi connectivity index (χ4v) is 3.34. The van der Waals surface area contributed by atoms with Crippen LogP contribution in [-0.2, 0) is 0 Å². The topological polar surface area (TPSA) is 29.1 Å². The lowest BCUT2D eigenvalue weighted by Gasteiger charge is -2.04. The molecule has 0 radical (unpaired) electrons. The quantitative estimate of drug-likeness (QED) is 0.555. The second-order valence-electron chi connectivity index (χ2n) is 4.92. The molecule has 1 N–H and O–H groups in total. The number of hydrogen-bond donors (Lipinski definition) is 1. The highest BCUT2D eigenvalue weighted by Gasteiger charge is 2.08. The van der Waals surface area contributed by atoms with E-state index < -0.39 is 0 Å². The Bertz CT molecular complexity index is 822. The zero-order chi connectivity index (χ0) is 16.1. The minimum atomic E-state index is -0.0896. The lowest BCUT2D eigenvalue weighted by atomic mass is 10.1. The Hall–Kier alpha value is -2.17. The van der Waals surface area contributed by atoms with E-state index in [4.69, 9.17) is 0 Å². The Morgan fingerprint density at radius 1 is 0.870 bits per heavy atom. The molecule has 114 valence electrons. The standard InChI is InChI=1S/C19H14BrNOS/c20-18-13-12-17(23-18)19(22)21-16-10-8-15(9-11-16)7-6-14-4-2-1-3-5-14/h1-13H,(H,21,22). The number of halogens is 1. The number of benzene rings is 2. The van der Waals surface area contributed by atoms with Gasteiger partial charge in [0.1, 0.15) is 0 Å². The van der Waals surface area contributed by atoms with E-state index in [0.717, 1.165) is 20.6 Å². The van der Waals surface area contributed by atoms with E-state index in [1.165, 1.54) is 11.3 Å². The van der Waals surface area contributed by atoms with Crippen molar-refractivity contribution < 1.29 is 4.79 Å². The molecule has 1 heterocycles. The van der Waals surface area contributed by atoms with Crippen LogP contribution in [0.1, 0.15) is 20.8 Å². The summed E-state index contributed by atoms with van der Waals surface area (Å²) < 4.78 is 0.948. The third-order valence-corrected chi connectivity index (χ3v) is 4.86. The minimum Gasteiger partial charge on any atom is -0.321 e. The Kier molecular flexibility index (Phi) is 5.05. The normalized spacial score (nSPS) is 10.8. The van der Waals surface area contributed by atoms with Crippen LogP contribution in [0.3, 0.4) is 0 Å². The molecule has 3 rings (SSSR count). The molecule has 2 nitrogen and oxygen atoms in total. The van der Waals surface area contributed by atoms with Gasteiger partial charge in [0.15, 0.2) is 0 Å². The van der Waals surface area contributed by atoms with Crippen LogP contribution in [-0.4, -0.2) is 5.91 Å². The average Bonchev–Trinajstić information content (AvgIpc) is 3.02. The van der Waals surface area contributed by atoms with E-state index in [9.17, 15) is 4.79 Å². The van der Waals surface area contributed by atoms with Gasteiger partial charge in [0.2, 0.25) is 0 Å². The molecular formula is C19H14BrNOS. The Labute approximate surface area is 147 Å². The third-order valence-electron chi connectivity index (χ3n) is 3.23. The fraction of sp³-hybridized carbons (Fsp3) is 0. The Balaban J connectivity index is 1.65. The molecule has 0 fully saturated rings. The maximum Gasteiger partial charge on any atom is 0.265 e. The van der Waals surface area contributed by atoms with Crippen molar-refractivity contribution in [1.29, 1.82) is 0 Å². The summed E-state index contributed by atoms with van der Waals surface area (Å²) in [4.78, 5) is 12.8. The summed E-state index contributed by atoms with van der Waals surface area (Å²) >= 11 is 4.78. The summed E-state index contributed by atoms with van der Waals surface area (Å²) in [5, 5.41) is 2.90. The van der Waals surface area contributed by atoms with E-state index in [1.54, 1.807) is 6.07 Å². The zero-order valence-electron chi connectivity index (χ0n) is 12.2. The van der Waals surface area contributed by atoms with E-state index in [1.807, 2.05) is 48.5 Å². The molecule has 23 heavy (non-hydrogen) atoms. The van der Waals surface area contributed by atoms with Crippen molar-refractivity contribution in [3.05, 3.63) is 86.5 Å². The largest absolute Gasteiger partial charge is 0.321 e. The highest BCUT2D eigenvalue weighted by atomic mass is 79.9. The maximum atomic E-state index is 12.1. The third kappa shape index (κ3) is 4.41. The van der Waals surface area contributed by atoms with Gasteiger partial charge < -0.3 is 5.32 Å². The van der Waals surface area contributed by atoms with Gasteiger partial charge in [-0.2, -0.15) is 0 Å². The van der Waals surface area contributed by atoms with Crippen LogP contribution < -0.4 is 5.32 Å². The number of carbonyl (C=O) groups excluding carboxylic acids is 1. The highest BCUT2D eigenvalue weighted by molar-refractivity contribution is 9.11. The van der Waals surface area contributed by atoms with Crippen molar-refractivity contribution in [3.63, 3.8) is 0 Å². The molecule has 0 aliphatic rings. The van der Waals surface area contributed by atoms with Gasteiger partial charge in [-0.05, 0) is 51.3 Å². The minimum absolute atomic E-state index is 0.0896. The van der Waals surface area contributed by atoms with Crippen LogP contribution >= 0.6 is 27.3 Å². The molecule has 0 spiro atoms. The van der Waals surface area contributed by atoms with Crippen LogP contribution in [0, 0.1) is 0 Å². The predicted molar refractivity (Wildman–Crippen MR) is 102 cm³/mol. The summed E-state index contributed by atoms with van der Waals surface area (Å²) in [6.45, 7) is 0. The van der Waals surface area contributed by atoms with E-state index in [-0.39, 0.29) is 5.91 Å². The molecular weight excluding hydrogens is 370 g/mol. The van der Waals surface area contributed by atoms with Gasteiger partial charge in [0.25, 0.3) is 5.91 Å². The number of amides is 1. The number of rotatable bonds is 4. The smallest absolute Gasteiger partial charge is 0.265 e. The molecule has 0 saturated carbocycles. The van der Waals surface area contributed by atoms with E-state index >= 15 is 0 Å². The first kappa shape index (κ1) is 15.7. The number of thiophene rings is 1. The van der Waals surface area contributed by atoms with Gasteiger partial charge in [-0.1, -0.05) is 54.6 Å². The van der Waals surface area contributed by atoms with Gasteiger partial charge in [0, 0.05) is 5.69 Å². The number of anilines is 1. The lowest BCUT2D eigenvalue weighted by Crippen LogP contribution is -2.09. The summed E-state index contributed by atoms with van der Waals surface area (Å²) in [7, 11) is 0. The fourth-order valence-electron chi connectivity index (χ4n) is 2.06. The van der Waals surface area contributed by atoms with Gasteiger partial charge >= 0.3 is 0 Å². The maximum absolute atomic E-state index is 12.1. The highest BCUT2D eigenvalue weighted by Crippen LogP contribution is 2.23. The van der Waals surface area contributed by atoms with Crippen molar-refractivity contribution in [2.24, 2.45) is 0 Å². The molecule has 0 saturated heterocycles. The molecule has 0 unspecified atom stereocenters. The summed E-state index contributed by atoms with van der Waals surface area (Å²) in [5.41, 5.74) is 3.04. The Morgan fingerprint density at radius 2 is 1.52 bits per heavy atom. The van der Waals surface area contributed by atoms with Crippen molar-refractivity contribution >= 4 is 51.0 Å². The van der Waals surface area contributed by atoms with E-state index in [0.29, 0.717) is 4.88 Å². The summed E-state index contributed by atoms with van der Waals surface area (Å²) in [6.07, 6.45) is 4.12. The first-order chi connectivity index (χ1) is 11.2. The molecule has 0 atom stereocenters. The molecule has 0 aliphatic carbocycles. The van der Waals surface area contributed by atoms with Gasteiger partial charge in [-0.3, -0.25) is 4.79 Å². The number of carbonyl (C=O) groups is 1. The van der Waals surface area contributed by atoms with Crippen LogP contribution in [0.5, 0.6) is 0 Å². The van der Waals surface area contributed by atoms with Crippen LogP contribution in [0.25, 0.3) is 12.2 Å². The van der Waals surface area contributed by atoms with Crippen LogP contribution in [0.4, 0.5) is 5.69 Å². The van der Waals surface area contributed by atoms with Crippen molar-refractivity contribution in [1.82, 2.24) is 0 Å². The van der Waals surface area contributed by atoms with Crippen molar-refractivity contribution in [3.8, 4) is 0 Å². The van der Waals surface area contributed by atoms with Crippen LogP contribution in [0.2, 0.25) is 0 Å². The summed E-state index contributed by atoms with van der Waals surface area (Å²) in [6, 6.07) is 21.6. The monoisotopic (exact) mass is 383 g/mol. The first-order valence-corrected chi connectivity index (χ1v) is 8.71. The second kappa shape index (κ2) is 7.40. The second-order valence-corrected chi connectivity index (χ2v) is 7.39. The van der Waals surface area contributed by atoms with Crippen molar-refractivity contribution in [2.75, 3.05) is 5.32 Å². The molecule has 1 amide bonds. The predicted octanol–water partition coefficient (Wildman–Crippen LogP) is 5.93. The van der Waals surface area contributed by atoms with Gasteiger partial charge in [-0.25, -0.2) is 0 Å². The van der Waals surface area contributed by atoms with Gasteiger partial charge in [0.05, 0.1) is 8.66 Å². The van der Waals surface area contributed by atoms with Crippen molar-refractivity contribution in [2.45, 2.75) is 0 Å². The molecule has 0 bridgehead atoms. The number of hydrogen-bond acceptors (Lipinski definition) is 2.